The van der Waals surface area contributed by atoms with Gasteiger partial charge < -0.3 is 70.0 Å². The van der Waals surface area contributed by atoms with Crippen molar-refractivity contribution >= 4 is 17.9 Å². The van der Waals surface area contributed by atoms with Crippen molar-refractivity contribution in [1.82, 2.24) is 0 Å². The van der Waals surface area contributed by atoms with Crippen molar-refractivity contribution in [1.29, 1.82) is 0 Å². The predicted octanol–water partition coefficient (Wildman–Crippen LogP) is 0.930. The number of carboxylic acid groups (broad SMARTS) is 3. The smallest absolute Gasteiger partial charge is 0.335 e. The summed E-state index contributed by atoms with van der Waals surface area (Å²) in [4.78, 5) is 36.5. The summed E-state index contributed by atoms with van der Waals surface area (Å²) in [7, 11) is 0. The van der Waals surface area contributed by atoms with Crippen molar-refractivity contribution in [3.63, 3.8) is 0 Å². The Bertz CT molecular complexity index is 1770. The average Bonchev–Trinajstić information content (AvgIpc) is 3.16. The molecule has 2 saturated heterocycles. The van der Waals surface area contributed by atoms with Gasteiger partial charge in [-0.05, 0) is 91.9 Å². The van der Waals surface area contributed by atoms with Gasteiger partial charge in [-0.25, -0.2) is 9.59 Å². The van der Waals surface area contributed by atoms with Crippen LogP contribution in [0.1, 0.15) is 92.9 Å². The molecule has 10 N–H and O–H groups in total. The molecule has 0 aromatic rings. The minimum Gasteiger partial charge on any atom is -0.481 e. The van der Waals surface area contributed by atoms with Crippen molar-refractivity contribution < 1.29 is 84.4 Å². The van der Waals surface area contributed by atoms with Crippen LogP contribution in [0.5, 0.6) is 0 Å². The molecule has 0 aromatic heterocycles. The van der Waals surface area contributed by atoms with Gasteiger partial charge in [0.2, 0.25) is 0 Å². The first kappa shape index (κ1) is 44.5. The fourth-order valence-electron chi connectivity index (χ4n) is 13.0. The Morgan fingerprint density at radius 1 is 0.746 bits per heavy atom. The van der Waals surface area contributed by atoms with Gasteiger partial charge in [-0.3, -0.25) is 4.79 Å². The van der Waals surface area contributed by atoms with Gasteiger partial charge in [0.1, 0.15) is 36.6 Å². The number of hydrogen-bond acceptors (Lipinski definition) is 14. The first-order valence-electron chi connectivity index (χ1n) is 20.8. The Morgan fingerprint density at radius 3 is 1.95 bits per heavy atom. The highest BCUT2D eigenvalue weighted by molar-refractivity contribution is 5.76. The number of rotatable bonds is 8. The summed E-state index contributed by atoms with van der Waals surface area (Å²) in [5.41, 5.74) is -1.58. The molecule has 17 nitrogen and oxygen atoms in total. The lowest BCUT2D eigenvalue weighted by Gasteiger charge is -2.70. The standard InChI is InChI=1S/C42H62O17/c1-37(36(54)55)15-19-18-7-8-21-39(3)11-10-23(40(4,17-43)20(39)9-12-42(21,6)41(18,5)14-13-38(19,2)22(44)16-37)56-35-31(27(48)26(47)30(58-35)33(52)53)59-34-28(49)24(45)25(46)29(57-34)32(50)51/h7-8,20-31,34-35,43-49H,9-17H2,1-6H3,(H,50,51)(H,52,53)(H,54,55). The highest BCUT2D eigenvalue weighted by Gasteiger charge is 2.68. The molecule has 0 amide bonds. The van der Waals surface area contributed by atoms with Gasteiger partial charge >= 0.3 is 17.9 Å². The molecule has 5 aliphatic carbocycles. The minimum absolute atomic E-state index is 0.00271. The zero-order chi connectivity index (χ0) is 43.6. The monoisotopic (exact) mass is 838 g/mol. The molecule has 0 bridgehead atoms. The molecule has 0 radical (unpaired) electrons. The fraction of sp³-hybridized carbons (Fsp3) is 0.833. The largest absolute Gasteiger partial charge is 0.481 e. The van der Waals surface area contributed by atoms with Crippen molar-refractivity contribution in [2.75, 3.05) is 6.61 Å². The van der Waals surface area contributed by atoms with Crippen molar-refractivity contribution in [3.05, 3.63) is 23.3 Å². The van der Waals surface area contributed by atoms with Crippen LogP contribution in [0.2, 0.25) is 0 Å². The molecular weight excluding hydrogens is 776 g/mol. The number of aliphatic hydroxyl groups excluding tert-OH is 7. The predicted molar refractivity (Wildman–Crippen MR) is 202 cm³/mol. The van der Waals surface area contributed by atoms with Crippen molar-refractivity contribution in [2.45, 2.75) is 167 Å². The van der Waals surface area contributed by atoms with E-state index in [-0.39, 0.29) is 35.7 Å². The van der Waals surface area contributed by atoms with Crippen LogP contribution in [0.3, 0.4) is 0 Å². The summed E-state index contributed by atoms with van der Waals surface area (Å²) in [5, 5.41) is 106. The summed E-state index contributed by atoms with van der Waals surface area (Å²) < 4.78 is 23.3. The second-order valence-corrected chi connectivity index (χ2v) is 20.2. The van der Waals surface area contributed by atoms with E-state index >= 15 is 0 Å². The summed E-state index contributed by atoms with van der Waals surface area (Å²) in [6, 6.07) is 0. The van der Waals surface area contributed by atoms with E-state index in [9.17, 15) is 65.4 Å². The molecule has 7 rings (SSSR count). The van der Waals surface area contributed by atoms with E-state index in [1.165, 1.54) is 0 Å². The molecule has 2 heterocycles. The molecule has 17 heteroatoms. The van der Waals surface area contributed by atoms with Crippen LogP contribution in [-0.4, -0.2) is 149 Å². The third kappa shape index (κ3) is 6.39. The maximum absolute atomic E-state index is 12.5. The Morgan fingerprint density at radius 2 is 1.36 bits per heavy atom. The highest BCUT2D eigenvalue weighted by atomic mass is 16.8. The van der Waals surface area contributed by atoms with Crippen LogP contribution >= 0.6 is 0 Å². The number of carboxylic acids is 3. The number of ether oxygens (including phenoxy) is 4. The maximum atomic E-state index is 12.5. The molecule has 5 fully saturated rings. The molecule has 20 atom stereocenters. The van der Waals surface area contributed by atoms with E-state index in [4.69, 9.17) is 18.9 Å². The highest BCUT2D eigenvalue weighted by Crippen LogP contribution is 2.74. The van der Waals surface area contributed by atoms with Crippen LogP contribution < -0.4 is 0 Å². The van der Waals surface area contributed by atoms with Gasteiger partial charge in [-0.1, -0.05) is 52.3 Å². The van der Waals surface area contributed by atoms with Crippen molar-refractivity contribution in [3.8, 4) is 0 Å². The van der Waals surface area contributed by atoms with Crippen LogP contribution in [0.4, 0.5) is 0 Å². The first-order valence-corrected chi connectivity index (χ1v) is 20.8. The summed E-state index contributed by atoms with van der Waals surface area (Å²) in [5.74, 6) is -4.41. The Balaban J connectivity index is 1.20. The van der Waals surface area contributed by atoms with Crippen LogP contribution in [0.25, 0.3) is 0 Å². The number of fused-ring (bicyclic) bond motifs is 6. The Labute approximate surface area is 342 Å². The molecular formula is C42H62O17. The SMILES string of the molecule is CC1(C(=O)O)CC2=C3C=CC4C5(C)CCC(OC6OC(C(=O)O)C(O)C(O)C6OC6OC(C(=O)O)C(O)C(O)C6O)C(C)(CO)C5CCC4(C)C3(C)CCC2(C)C(O)C1. The normalized spacial score (nSPS) is 53.4. The third-order valence-corrected chi connectivity index (χ3v) is 17.1. The van der Waals surface area contributed by atoms with Crippen molar-refractivity contribution in [2.24, 2.45) is 44.3 Å². The number of aliphatic hydroxyl groups is 7. The fourth-order valence-corrected chi connectivity index (χ4v) is 13.0. The number of allylic oxidation sites excluding steroid dienone is 3. The minimum atomic E-state index is -2.08. The second-order valence-electron chi connectivity index (χ2n) is 20.2. The van der Waals surface area contributed by atoms with Crippen LogP contribution in [-0.2, 0) is 33.3 Å². The molecule has 0 aromatic carbocycles. The van der Waals surface area contributed by atoms with E-state index in [0.29, 0.717) is 32.1 Å². The van der Waals surface area contributed by atoms with Gasteiger partial charge in [-0.15, -0.1) is 0 Å². The third-order valence-electron chi connectivity index (χ3n) is 17.1. The summed E-state index contributed by atoms with van der Waals surface area (Å²) in [6.07, 6.45) is -12.8. The Hall–Kier alpha value is -2.55. The maximum Gasteiger partial charge on any atom is 0.335 e. The molecule has 0 spiro atoms. The number of hydrogen-bond donors (Lipinski definition) is 10. The van der Waals surface area contributed by atoms with E-state index < -0.39 is 113 Å². The molecule has 3 saturated carbocycles. The second kappa shape index (κ2) is 14.8. The molecule has 2 aliphatic heterocycles. The van der Waals surface area contributed by atoms with E-state index in [1.54, 1.807) is 6.92 Å². The van der Waals surface area contributed by atoms with Crippen LogP contribution in [0, 0.1) is 44.3 Å². The van der Waals surface area contributed by atoms with Gasteiger partial charge in [0.15, 0.2) is 24.8 Å². The lowest BCUT2D eigenvalue weighted by Crippen LogP contribution is -2.67. The lowest BCUT2D eigenvalue weighted by molar-refractivity contribution is -0.372. The molecule has 59 heavy (non-hydrogen) atoms. The summed E-state index contributed by atoms with van der Waals surface area (Å²) in [6.45, 7) is 12.1. The van der Waals surface area contributed by atoms with Gasteiger partial charge in [-0.2, -0.15) is 0 Å². The topological polar surface area (TPSA) is 290 Å². The average molecular weight is 839 g/mol. The first-order chi connectivity index (χ1) is 27.3. The van der Waals surface area contributed by atoms with E-state index in [1.807, 2.05) is 6.92 Å². The number of aliphatic carboxylic acids is 3. The Kier molecular flexibility index (Phi) is 11.2. The molecule has 20 unspecified atom stereocenters. The molecule has 332 valence electrons. The quantitative estimate of drug-likeness (QED) is 0.152. The van der Waals surface area contributed by atoms with E-state index in [2.05, 4.69) is 39.8 Å². The number of carbonyl (C=O) groups is 3. The van der Waals surface area contributed by atoms with Gasteiger partial charge in [0, 0.05) is 10.8 Å². The zero-order valence-electron chi connectivity index (χ0n) is 34.4. The lowest BCUT2D eigenvalue weighted by atomic mass is 9.35. The summed E-state index contributed by atoms with van der Waals surface area (Å²) >= 11 is 0. The molecule has 7 aliphatic rings. The van der Waals surface area contributed by atoms with Gasteiger partial charge in [0.05, 0.1) is 24.2 Å². The van der Waals surface area contributed by atoms with Crippen LogP contribution in [0.15, 0.2) is 23.3 Å². The zero-order valence-corrected chi connectivity index (χ0v) is 34.4. The van der Waals surface area contributed by atoms with Gasteiger partial charge in [0.25, 0.3) is 0 Å². The van der Waals surface area contributed by atoms with E-state index in [0.717, 1.165) is 24.0 Å².